The predicted octanol–water partition coefficient (Wildman–Crippen LogP) is 2.94. The molecule has 0 saturated carbocycles. The Kier molecular flexibility index (Phi) is 4.83. The van der Waals surface area contributed by atoms with Crippen molar-refractivity contribution in [1.82, 2.24) is 0 Å². The van der Waals surface area contributed by atoms with Gasteiger partial charge in [-0.25, -0.2) is 0 Å². The van der Waals surface area contributed by atoms with Gasteiger partial charge in [-0.2, -0.15) is 0 Å². The van der Waals surface area contributed by atoms with Crippen LogP contribution in [0.15, 0.2) is 24.3 Å². The molecular weight excluding hydrogens is 284 g/mol. The molecule has 4 heteroatoms. The maximum Gasteiger partial charge on any atom is 0.119 e. The zero-order valence-electron chi connectivity index (χ0n) is 9.90. The van der Waals surface area contributed by atoms with Crippen molar-refractivity contribution in [3.05, 3.63) is 29.8 Å². The van der Waals surface area contributed by atoms with Gasteiger partial charge in [0.1, 0.15) is 5.75 Å². The lowest BCUT2D eigenvalue weighted by Crippen LogP contribution is -2.17. The Labute approximate surface area is 110 Å². The van der Waals surface area contributed by atoms with Crippen molar-refractivity contribution >= 4 is 15.9 Å². The molecule has 1 fully saturated rings. The molecule has 0 aliphatic carbocycles. The van der Waals surface area contributed by atoms with Gasteiger partial charge in [0.25, 0.3) is 0 Å². The van der Waals surface area contributed by atoms with Crippen molar-refractivity contribution in [3.8, 4) is 5.75 Å². The smallest absolute Gasteiger partial charge is 0.119 e. The van der Waals surface area contributed by atoms with Crippen molar-refractivity contribution in [1.29, 1.82) is 0 Å². The van der Waals surface area contributed by atoms with Gasteiger partial charge in [-0.3, -0.25) is 0 Å². The SMILES string of the molecule is COc1cccc(C(CBr)OC2CCOC2)c1. The minimum atomic E-state index is 0.0526. The highest BCUT2D eigenvalue weighted by atomic mass is 79.9. The Hall–Kier alpha value is -0.580. The highest BCUT2D eigenvalue weighted by molar-refractivity contribution is 9.09. The number of alkyl halides is 1. The van der Waals surface area contributed by atoms with E-state index in [0.717, 1.165) is 29.7 Å². The summed E-state index contributed by atoms with van der Waals surface area (Å²) in [7, 11) is 1.67. The highest BCUT2D eigenvalue weighted by Gasteiger charge is 2.21. The molecule has 0 spiro atoms. The molecule has 1 aliphatic heterocycles. The van der Waals surface area contributed by atoms with Crippen LogP contribution in [-0.4, -0.2) is 31.8 Å². The van der Waals surface area contributed by atoms with Crippen molar-refractivity contribution in [2.45, 2.75) is 18.6 Å². The molecular formula is C13H17BrO3. The third-order valence-electron chi connectivity index (χ3n) is 2.85. The van der Waals surface area contributed by atoms with Crippen molar-refractivity contribution in [2.75, 3.05) is 25.7 Å². The van der Waals surface area contributed by atoms with Gasteiger partial charge in [-0.15, -0.1) is 0 Å². The van der Waals surface area contributed by atoms with Crippen LogP contribution in [0.25, 0.3) is 0 Å². The van der Waals surface area contributed by atoms with E-state index in [1.54, 1.807) is 7.11 Å². The fourth-order valence-corrected chi connectivity index (χ4v) is 2.42. The van der Waals surface area contributed by atoms with Crippen LogP contribution in [0, 0.1) is 0 Å². The summed E-state index contributed by atoms with van der Waals surface area (Å²) in [5, 5.41) is 0.774. The molecule has 0 radical (unpaired) electrons. The minimum absolute atomic E-state index is 0.0526. The van der Waals surface area contributed by atoms with Gasteiger partial charge in [-0.1, -0.05) is 28.1 Å². The second-order valence-corrected chi connectivity index (χ2v) is 4.69. The average molecular weight is 301 g/mol. The molecule has 1 aliphatic rings. The van der Waals surface area contributed by atoms with Crippen molar-refractivity contribution < 1.29 is 14.2 Å². The molecule has 2 atom stereocenters. The molecule has 3 nitrogen and oxygen atoms in total. The van der Waals surface area contributed by atoms with E-state index in [-0.39, 0.29) is 12.2 Å². The molecule has 0 N–H and O–H groups in total. The van der Waals surface area contributed by atoms with E-state index in [9.17, 15) is 0 Å². The standard InChI is InChI=1S/C13H17BrO3/c1-15-11-4-2-3-10(7-11)13(8-14)17-12-5-6-16-9-12/h2-4,7,12-13H,5-6,8-9H2,1H3. The lowest BCUT2D eigenvalue weighted by Gasteiger charge is -2.20. The minimum Gasteiger partial charge on any atom is -0.497 e. The zero-order valence-corrected chi connectivity index (χ0v) is 11.5. The van der Waals surface area contributed by atoms with E-state index in [1.807, 2.05) is 18.2 Å². The van der Waals surface area contributed by atoms with E-state index in [2.05, 4.69) is 22.0 Å². The normalized spacial score (nSPS) is 21.4. The summed E-state index contributed by atoms with van der Waals surface area (Å²) >= 11 is 3.50. The van der Waals surface area contributed by atoms with Gasteiger partial charge in [0, 0.05) is 11.9 Å². The maximum atomic E-state index is 6.02. The van der Waals surface area contributed by atoms with E-state index in [1.165, 1.54) is 0 Å². The molecule has 1 aromatic carbocycles. The van der Waals surface area contributed by atoms with Crippen molar-refractivity contribution in [3.63, 3.8) is 0 Å². The first kappa shape index (κ1) is 12.9. The highest BCUT2D eigenvalue weighted by Crippen LogP contribution is 2.26. The third kappa shape index (κ3) is 3.44. The monoisotopic (exact) mass is 300 g/mol. The van der Waals surface area contributed by atoms with Gasteiger partial charge in [-0.05, 0) is 24.1 Å². The average Bonchev–Trinajstić information content (AvgIpc) is 2.89. The summed E-state index contributed by atoms with van der Waals surface area (Å²) in [6.45, 7) is 1.51. The Bertz CT molecular complexity index is 350. The molecule has 1 saturated heterocycles. The molecule has 0 aromatic heterocycles. The van der Waals surface area contributed by atoms with Crippen LogP contribution in [0.5, 0.6) is 5.75 Å². The molecule has 0 bridgehead atoms. The first-order chi connectivity index (χ1) is 8.33. The lowest BCUT2D eigenvalue weighted by molar-refractivity contribution is -0.00473. The van der Waals surface area contributed by atoms with E-state index >= 15 is 0 Å². The van der Waals surface area contributed by atoms with Gasteiger partial charge in [0.05, 0.1) is 25.9 Å². The third-order valence-corrected chi connectivity index (χ3v) is 3.44. The number of rotatable bonds is 5. The quantitative estimate of drug-likeness (QED) is 0.783. The number of hydrogen-bond acceptors (Lipinski definition) is 3. The zero-order chi connectivity index (χ0) is 12.1. The summed E-state index contributed by atoms with van der Waals surface area (Å²) in [5.41, 5.74) is 1.13. The van der Waals surface area contributed by atoms with E-state index in [0.29, 0.717) is 6.61 Å². The first-order valence-electron chi connectivity index (χ1n) is 5.76. The molecule has 2 unspecified atom stereocenters. The Morgan fingerprint density at radius 3 is 3.06 bits per heavy atom. The maximum absolute atomic E-state index is 6.02. The van der Waals surface area contributed by atoms with Crippen LogP contribution in [0.3, 0.4) is 0 Å². The second kappa shape index (κ2) is 6.38. The fourth-order valence-electron chi connectivity index (χ4n) is 1.90. The first-order valence-corrected chi connectivity index (χ1v) is 6.88. The molecule has 0 amide bonds. The van der Waals surface area contributed by atoms with Crippen molar-refractivity contribution in [2.24, 2.45) is 0 Å². The fraction of sp³-hybridized carbons (Fsp3) is 0.538. The molecule has 1 aromatic rings. The van der Waals surface area contributed by atoms with Crippen LogP contribution in [0.1, 0.15) is 18.1 Å². The Morgan fingerprint density at radius 1 is 1.53 bits per heavy atom. The van der Waals surface area contributed by atoms with Gasteiger partial charge in [0.2, 0.25) is 0 Å². The number of methoxy groups -OCH3 is 1. The molecule has 1 heterocycles. The number of benzene rings is 1. The predicted molar refractivity (Wildman–Crippen MR) is 69.8 cm³/mol. The Morgan fingerprint density at radius 2 is 2.41 bits per heavy atom. The second-order valence-electron chi connectivity index (χ2n) is 4.04. The van der Waals surface area contributed by atoms with E-state index < -0.39 is 0 Å². The van der Waals surface area contributed by atoms with Crippen LogP contribution < -0.4 is 4.74 Å². The lowest BCUT2D eigenvalue weighted by atomic mass is 10.1. The number of halogens is 1. The molecule has 94 valence electrons. The van der Waals surface area contributed by atoms with Gasteiger partial charge in [0.15, 0.2) is 0 Å². The van der Waals surface area contributed by atoms with E-state index in [4.69, 9.17) is 14.2 Å². The summed E-state index contributed by atoms with van der Waals surface area (Å²) < 4.78 is 16.6. The van der Waals surface area contributed by atoms with Crippen LogP contribution in [-0.2, 0) is 9.47 Å². The summed E-state index contributed by atoms with van der Waals surface area (Å²) in [6.07, 6.45) is 1.24. The summed E-state index contributed by atoms with van der Waals surface area (Å²) in [5.74, 6) is 0.861. The number of ether oxygens (including phenoxy) is 3. The molecule has 17 heavy (non-hydrogen) atoms. The topological polar surface area (TPSA) is 27.7 Å². The summed E-state index contributed by atoms with van der Waals surface area (Å²) in [4.78, 5) is 0. The van der Waals surface area contributed by atoms with Crippen LogP contribution in [0.2, 0.25) is 0 Å². The summed E-state index contributed by atoms with van der Waals surface area (Å²) in [6, 6.07) is 8.00. The van der Waals surface area contributed by atoms with Gasteiger partial charge < -0.3 is 14.2 Å². The van der Waals surface area contributed by atoms with Crippen LogP contribution in [0.4, 0.5) is 0 Å². The molecule has 2 rings (SSSR count). The van der Waals surface area contributed by atoms with Gasteiger partial charge >= 0.3 is 0 Å². The Balaban J connectivity index is 2.04. The van der Waals surface area contributed by atoms with Crippen LogP contribution >= 0.6 is 15.9 Å². The largest absolute Gasteiger partial charge is 0.497 e. The number of hydrogen-bond donors (Lipinski definition) is 0.